The van der Waals surface area contributed by atoms with Gasteiger partial charge in [-0.3, -0.25) is 44.0 Å². The molecule has 1 aliphatic carbocycles. The maximum atomic E-state index is 13.5. The summed E-state index contributed by atoms with van der Waals surface area (Å²) in [5.41, 5.74) is -1.96. The van der Waals surface area contributed by atoms with Crippen molar-refractivity contribution in [2.24, 2.45) is 21.1 Å². The second kappa shape index (κ2) is 26.1. The third kappa shape index (κ3) is 14.3. The van der Waals surface area contributed by atoms with Crippen LogP contribution in [0.4, 0.5) is 17.1 Å². The average molecular weight is 1340 g/mol. The third-order valence-electron chi connectivity index (χ3n) is 15.7. The number of H-pyrrole nitrogens is 3. The van der Waals surface area contributed by atoms with Crippen LogP contribution < -0.4 is 42.1 Å². The molecule has 12 bridgehead atoms. The highest BCUT2D eigenvalue weighted by Gasteiger charge is 2.32. The van der Waals surface area contributed by atoms with Gasteiger partial charge in [-0.2, -0.15) is 25.3 Å². The molecule has 33 heteroatoms. The number of benzene rings is 6. The normalized spacial score (nSPS) is 12.7. The van der Waals surface area contributed by atoms with Crippen molar-refractivity contribution in [3.63, 3.8) is 0 Å². The Labute approximate surface area is 530 Å². The van der Waals surface area contributed by atoms with Gasteiger partial charge in [0.2, 0.25) is 0 Å². The predicted molar refractivity (Wildman–Crippen MR) is 323 cm³/mol. The molecule has 0 atom stereocenters. The fourth-order valence-corrected chi connectivity index (χ4v) is 13.2. The molecule has 6 N–H and O–H groups in total. The summed E-state index contributed by atoms with van der Waals surface area (Å²) in [5, 5.41) is 39.3. The first kappa shape index (κ1) is 65.6. The number of imidazole rings is 3. The molecule has 486 valence electrons. The Morgan fingerprint density at radius 1 is 0.376 bits per heavy atom. The standard InChI is InChI=1S/C60H57N9O21S3/c1-64-10-7-61-52(64)31-88-58-40-13-34-19-46(67(70)71)21-36(55(34)85-4)15-42-27-50(92(79,80)81)29-44(59(42)89-32-53-62-8-11-65(53)2)17-38-23-48(69(74)75)24-39(57(38)87-6)18-45-30-51(93(82,83)84)28-43(60(45)90-33-54-63-9-12-66(54)3)16-37-22-47(68(72)73)20-35(56(37)86-5)14-41(58)26-49(25-40)91(76,77)78/h7-12,19-30H,13-18,31-33H2,1-6H3,(H3,76,77,78,79,80,81,82,83,84)/p+3. The van der Waals surface area contributed by atoms with Crippen molar-refractivity contribution in [3.8, 4) is 34.5 Å². The minimum atomic E-state index is -5.18. The smallest absolute Gasteiger partial charge is 0.294 e. The number of methoxy groups -OCH3 is 3. The largest absolute Gasteiger partial charge is 0.496 e. The zero-order valence-corrected chi connectivity index (χ0v) is 52.8. The summed E-state index contributed by atoms with van der Waals surface area (Å²) in [7, 11) is -6.71. The Balaban J connectivity index is 1.33. The maximum Gasteiger partial charge on any atom is 0.294 e. The molecule has 1 aliphatic rings. The lowest BCUT2D eigenvalue weighted by Gasteiger charge is -2.22. The molecule has 0 spiro atoms. The van der Waals surface area contributed by atoms with Crippen LogP contribution in [0.5, 0.6) is 34.5 Å². The monoisotopic (exact) mass is 1340 g/mol. The van der Waals surface area contributed by atoms with E-state index < -0.39 is 115 Å². The van der Waals surface area contributed by atoms with Crippen molar-refractivity contribution in [1.29, 1.82) is 0 Å². The quantitative estimate of drug-likeness (QED) is 0.0240. The number of nitrogens with one attached hydrogen (secondary N) is 3. The number of hydrogen-bond acceptors (Lipinski definition) is 18. The Kier molecular flexibility index (Phi) is 18.4. The van der Waals surface area contributed by atoms with Gasteiger partial charge in [0.15, 0.2) is 19.8 Å². The van der Waals surface area contributed by atoms with E-state index in [0.717, 1.165) is 72.8 Å². The van der Waals surface area contributed by atoms with E-state index in [1.165, 1.54) is 21.3 Å². The van der Waals surface area contributed by atoms with E-state index in [4.69, 9.17) is 28.4 Å². The number of nitro benzene ring substituents is 3. The molecule has 3 heterocycles. The van der Waals surface area contributed by atoms with Gasteiger partial charge >= 0.3 is 0 Å². The number of non-ortho nitro benzene ring substituents is 3. The van der Waals surface area contributed by atoms with Gasteiger partial charge in [0.1, 0.15) is 71.7 Å². The van der Waals surface area contributed by atoms with Gasteiger partial charge in [0.25, 0.3) is 64.9 Å². The van der Waals surface area contributed by atoms with Crippen LogP contribution in [0, 0.1) is 30.3 Å². The fraction of sp³-hybridized carbons (Fsp3) is 0.250. The topological polar surface area (TPSA) is 407 Å². The first-order chi connectivity index (χ1) is 44.0. The minimum Gasteiger partial charge on any atom is -0.496 e. The number of nitro groups is 3. The Morgan fingerprint density at radius 2 is 0.570 bits per heavy atom. The number of fused-ring (bicyclic) bond motifs is 12. The van der Waals surface area contributed by atoms with Crippen molar-refractivity contribution >= 4 is 47.4 Å². The van der Waals surface area contributed by atoms with E-state index in [-0.39, 0.29) is 121 Å². The minimum absolute atomic E-state index is 0.00414. The number of hydrogen-bond donors (Lipinski definition) is 6. The zero-order valence-electron chi connectivity index (χ0n) is 50.4. The van der Waals surface area contributed by atoms with Crippen molar-refractivity contribution in [3.05, 3.63) is 225 Å². The highest BCUT2D eigenvalue weighted by molar-refractivity contribution is 7.86. The molecule has 10 rings (SSSR count). The van der Waals surface area contributed by atoms with Crippen LogP contribution in [-0.4, -0.2) is 90.0 Å². The van der Waals surface area contributed by atoms with E-state index >= 15 is 0 Å². The molecule has 0 aliphatic heterocycles. The van der Waals surface area contributed by atoms with Gasteiger partial charge < -0.3 is 28.4 Å². The molecule has 0 saturated carbocycles. The molecule has 3 aromatic heterocycles. The molecule has 93 heavy (non-hydrogen) atoms. The van der Waals surface area contributed by atoms with Gasteiger partial charge in [-0.15, -0.1) is 0 Å². The number of nitrogens with zero attached hydrogens (tertiary/aromatic N) is 6. The summed E-state index contributed by atoms with van der Waals surface area (Å²) in [4.78, 5) is 44.1. The van der Waals surface area contributed by atoms with Crippen LogP contribution in [0.3, 0.4) is 0 Å². The van der Waals surface area contributed by atoms with Crippen LogP contribution in [0.25, 0.3) is 0 Å². The number of rotatable bonds is 18. The predicted octanol–water partition coefficient (Wildman–Crippen LogP) is 6.23. The fourth-order valence-electron chi connectivity index (χ4n) is 11.5. The number of aryl methyl sites for hydroxylation is 3. The number of aromatic nitrogens is 6. The first-order valence-corrected chi connectivity index (χ1v) is 32.2. The Bertz CT molecular complexity index is 4230. The summed E-state index contributed by atoms with van der Waals surface area (Å²) in [5.74, 6) is 0.898. The molecule has 6 aromatic carbocycles. The summed E-state index contributed by atoms with van der Waals surface area (Å²) < 4.78 is 157. The van der Waals surface area contributed by atoms with Crippen LogP contribution in [0.15, 0.2) is 125 Å². The van der Waals surface area contributed by atoms with E-state index in [9.17, 15) is 69.3 Å². The lowest BCUT2D eigenvalue weighted by Crippen LogP contribution is -2.31. The first-order valence-electron chi connectivity index (χ1n) is 27.9. The SMILES string of the molecule is COc1c2cc([N+](=O)[O-])cc1Cc1cc(S(=O)(=O)O)cc(c1OCc1[nH]cc[n+]1C)Cc1cc([N+](=O)[O-])cc(c1OC)Cc1cc(S(=O)(=O)O)cc(c1OCc1[nH]cc[n+]1C)Cc1cc([N+](=O)[O-])cc(c1OC)Cc1cc(S(=O)(=O)O)cc(c1OCc1[nH]cc[n+]1C)C2. The molecule has 0 radical (unpaired) electrons. The van der Waals surface area contributed by atoms with E-state index in [1.54, 1.807) is 72.0 Å². The van der Waals surface area contributed by atoms with E-state index in [0.29, 0.717) is 17.5 Å². The molecular weight excluding hydrogens is 1280 g/mol. The van der Waals surface area contributed by atoms with E-state index in [1.807, 2.05) is 0 Å². The lowest BCUT2D eigenvalue weighted by atomic mass is 9.90. The molecule has 9 aromatic rings. The highest BCUT2D eigenvalue weighted by atomic mass is 32.2. The van der Waals surface area contributed by atoms with Crippen molar-refractivity contribution in [2.45, 2.75) is 73.0 Å². The maximum absolute atomic E-state index is 13.5. The van der Waals surface area contributed by atoms with Crippen LogP contribution in [0.2, 0.25) is 0 Å². The average Bonchev–Trinajstić information content (AvgIpc) is 1.18. The van der Waals surface area contributed by atoms with Gasteiger partial charge in [-0.25, -0.2) is 28.7 Å². The van der Waals surface area contributed by atoms with Crippen LogP contribution in [0.1, 0.15) is 84.2 Å². The summed E-state index contributed by atoms with van der Waals surface area (Å²) >= 11 is 0. The van der Waals surface area contributed by atoms with Gasteiger partial charge in [-0.1, -0.05) is 0 Å². The number of ether oxygens (including phenoxy) is 6. The third-order valence-corrected chi connectivity index (χ3v) is 18.2. The van der Waals surface area contributed by atoms with Crippen LogP contribution in [-0.2, 0) is 110 Å². The van der Waals surface area contributed by atoms with Crippen molar-refractivity contribution in [2.75, 3.05) is 21.3 Å². The van der Waals surface area contributed by atoms with Gasteiger partial charge in [0, 0.05) is 142 Å². The van der Waals surface area contributed by atoms with Crippen LogP contribution >= 0.6 is 0 Å². The van der Waals surface area contributed by atoms with Gasteiger partial charge in [-0.05, 0) is 36.4 Å². The number of aromatic amines is 3. The summed E-state index contributed by atoms with van der Waals surface area (Å²) in [6, 6.07) is 13.3. The molecule has 0 unspecified atom stereocenters. The molecule has 0 saturated heterocycles. The second-order valence-corrected chi connectivity index (χ2v) is 26.0. The molecular formula is C60H60N9O21S3+3. The van der Waals surface area contributed by atoms with Crippen molar-refractivity contribution < 1.29 is 95.8 Å². The zero-order chi connectivity index (χ0) is 67.0. The Morgan fingerprint density at radius 3 is 0.720 bits per heavy atom. The molecule has 0 amide bonds. The van der Waals surface area contributed by atoms with E-state index in [2.05, 4.69) is 15.0 Å². The summed E-state index contributed by atoms with van der Waals surface area (Å²) in [6.45, 7) is -0.799. The molecule has 30 nitrogen and oxygen atoms in total. The lowest BCUT2D eigenvalue weighted by molar-refractivity contribution is -0.679. The molecule has 0 fully saturated rings. The summed E-state index contributed by atoms with van der Waals surface area (Å²) in [6.07, 6.45) is 6.88. The second-order valence-electron chi connectivity index (χ2n) is 21.8. The highest BCUT2D eigenvalue weighted by Crippen LogP contribution is 2.45. The Hall–Kier alpha value is -10.3. The van der Waals surface area contributed by atoms with Gasteiger partial charge in [0.05, 0.1) is 71.9 Å². The van der Waals surface area contributed by atoms with Crippen molar-refractivity contribution in [1.82, 2.24) is 15.0 Å².